The van der Waals surface area contributed by atoms with Gasteiger partial charge in [-0.2, -0.15) is 0 Å². The van der Waals surface area contributed by atoms with Crippen LogP contribution in [0.15, 0.2) is 24.2 Å². The number of aromatic amines is 1. The van der Waals surface area contributed by atoms with Crippen LogP contribution in [0.5, 0.6) is 0 Å². The molecule has 1 spiro atoms. The first-order chi connectivity index (χ1) is 33.6. The van der Waals surface area contributed by atoms with Gasteiger partial charge in [-0.1, -0.05) is 59.1 Å². The molecule has 2 saturated heterocycles. The number of fused-ring (bicyclic) bond motifs is 7. The van der Waals surface area contributed by atoms with Crippen molar-refractivity contribution in [3.05, 3.63) is 29.9 Å². The number of allylic oxidation sites excluding steroid dienone is 2. The van der Waals surface area contributed by atoms with Crippen LogP contribution in [0.3, 0.4) is 0 Å². The Morgan fingerprint density at radius 2 is 1.69 bits per heavy atom. The van der Waals surface area contributed by atoms with E-state index in [0.29, 0.717) is 90.1 Å². The van der Waals surface area contributed by atoms with E-state index in [-0.39, 0.29) is 54.8 Å². The van der Waals surface area contributed by atoms with Crippen molar-refractivity contribution in [2.45, 2.75) is 179 Å². The maximum Gasteiger partial charge on any atom is 0.310 e. The van der Waals surface area contributed by atoms with Gasteiger partial charge >= 0.3 is 5.97 Å². The van der Waals surface area contributed by atoms with Crippen LogP contribution in [0.1, 0.15) is 136 Å². The van der Waals surface area contributed by atoms with Gasteiger partial charge in [0.15, 0.2) is 6.29 Å². The van der Waals surface area contributed by atoms with E-state index in [1.165, 1.54) is 0 Å². The summed E-state index contributed by atoms with van der Waals surface area (Å²) in [6.45, 7) is 11.0. The zero-order valence-corrected chi connectivity index (χ0v) is 43.1. The van der Waals surface area contributed by atoms with Gasteiger partial charge in [-0.15, -0.1) is 0 Å². The number of rotatable bonds is 15. The summed E-state index contributed by atoms with van der Waals surface area (Å²) in [5.74, 6) is -2.63. The lowest BCUT2D eigenvalue weighted by molar-refractivity contribution is -0.348. The number of carboxylic acid groups (broad SMARTS) is 1. The van der Waals surface area contributed by atoms with Gasteiger partial charge < -0.3 is 71.7 Å². The molecule has 7 fully saturated rings. The highest BCUT2D eigenvalue weighted by Gasteiger charge is 2.75. The van der Waals surface area contributed by atoms with Gasteiger partial charge in [-0.3, -0.25) is 9.59 Å². The number of amides is 1. The molecule has 3 heterocycles. The molecule has 400 valence electrons. The van der Waals surface area contributed by atoms with Crippen molar-refractivity contribution in [2.24, 2.45) is 79.1 Å². The second-order valence-electron chi connectivity index (χ2n) is 25.5. The number of carbonyl (C=O) groups is 2. The fourth-order valence-electron chi connectivity index (χ4n) is 18.3. The van der Waals surface area contributed by atoms with Gasteiger partial charge in [0.25, 0.3) is 0 Å². The molecule has 71 heavy (non-hydrogen) atoms. The molecule has 8 aliphatic rings. The highest BCUT2D eigenvalue weighted by molar-refractivity contribution is 5.86. The molecular formula is C54H87N5O12. The molecule has 0 aromatic carbocycles. The number of carboxylic acids is 1. The van der Waals surface area contributed by atoms with Crippen LogP contribution in [0.25, 0.3) is 0 Å². The molecule has 0 radical (unpaired) electrons. The number of hydrogen-bond donors (Lipinski definition) is 12. The number of aliphatic carboxylic acids is 1. The molecule has 21 atom stereocenters. The van der Waals surface area contributed by atoms with E-state index in [0.717, 1.165) is 24.1 Å². The van der Waals surface area contributed by atoms with E-state index in [2.05, 4.69) is 54.4 Å². The fraction of sp³-hybridized carbons (Fsp3) is 0.870. The number of carbonyl (C=O) groups excluding carboxylic acids is 1. The molecule has 0 bridgehead atoms. The van der Waals surface area contributed by atoms with E-state index < -0.39 is 105 Å². The number of ether oxygens (including phenoxy) is 2. The highest BCUT2D eigenvalue weighted by Crippen LogP contribution is 2.78. The van der Waals surface area contributed by atoms with E-state index in [1.807, 2.05) is 20.2 Å². The third kappa shape index (κ3) is 7.88. The second-order valence-corrected chi connectivity index (χ2v) is 25.5. The van der Waals surface area contributed by atoms with Gasteiger partial charge in [0.1, 0.15) is 18.3 Å². The number of nitrogens with zero attached hydrogens (tertiary/aromatic N) is 1. The lowest BCUT2D eigenvalue weighted by atomic mass is 9.31. The van der Waals surface area contributed by atoms with Crippen LogP contribution < -0.4 is 16.4 Å². The number of nitrogens with two attached hydrogens (primary N) is 1. The topological polar surface area (TPSA) is 293 Å². The Morgan fingerprint density at radius 1 is 0.972 bits per heavy atom. The molecule has 6 aliphatic carbocycles. The molecule has 17 nitrogen and oxygen atoms in total. The summed E-state index contributed by atoms with van der Waals surface area (Å²) in [5.41, 5.74) is 3.30. The van der Waals surface area contributed by atoms with Crippen molar-refractivity contribution in [3.8, 4) is 0 Å². The summed E-state index contributed by atoms with van der Waals surface area (Å²) in [7, 11) is 1.90. The minimum atomic E-state index is -1.69. The Balaban J connectivity index is 1.22. The monoisotopic (exact) mass is 998 g/mol. The predicted octanol–water partition coefficient (Wildman–Crippen LogP) is 2.96. The van der Waals surface area contributed by atoms with E-state index in [4.69, 9.17) is 15.2 Å². The predicted molar refractivity (Wildman–Crippen MR) is 262 cm³/mol. The number of aromatic nitrogens is 2. The van der Waals surface area contributed by atoms with Gasteiger partial charge in [0.2, 0.25) is 5.91 Å². The summed E-state index contributed by atoms with van der Waals surface area (Å²) in [5, 5.41) is 98.7. The maximum atomic E-state index is 15.0. The molecular weight excluding hydrogens is 911 g/mol. The number of hydrogen-bond acceptors (Lipinski definition) is 14. The third-order valence-electron chi connectivity index (χ3n) is 22.7. The van der Waals surface area contributed by atoms with Crippen molar-refractivity contribution >= 4 is 11.9 Å². The molecule has 21 unspecified atom stereocenters. The summed E-state index contributed by atoms with van der Waals surface area (Å²) < 4.78 is 12.7. The number of H-pyrrole nitrogens is 1. The van der Waals surface area contributed by atoms with E-state index >= 15 is 0 Å². The van der Waals surface area contributed by atoms with Gasteiger partial charge in [-0.25, -0.2) is 4.98 Å². The summed E-state index contributed by atoms with van der Waals surface area (Å²) in [6, 6.07) is -0.378. The minimum Gasteiger partial charge on any atom is -0.481 e. The van der Waals surface area contributed by atoms with Crippen molar-refractivity contribution in [3.63, 3.8) is 0 Å². The summed E-state index contributed by atoms with van der Waals surface area (Å²) in [4.78, 5) is 36.4. The van der Waals surface area contributed by atoms with E-state index in [9.17, 15) is 50.4 Å². The first-order valence-electron chi connectivity index (χ1n) is 27.1. The van der Waals surface area contributed by atoms with Crippen LogP contribution in [0, 0.1) is 73.4 Å². The maximum absolute atomic E-state index is 15.0. The minimum absolute atomic E-state index is 0.0109. The molecule has 9 rings (SSSR count). The second kappa shape index (κ2) is 19.2. The SMILES string of the molecule is CNCC(CN)CC(c1cnc[nH]1)C1NC(=O)C2(CCCC2)C1CC1C(O)C(OC2OCC(O)C(O)C2O)C(C)(C(O)CO)C2CCC3(C)C(CC=C4C5CC(C)(CO)CCC5(C(=O)O)CCC43C)C12C. The van der Waals surface area contributed by atoms with Crippen LogP contribution in [0.4, 0.5) is 0 Å². The first kappa shape index (κ1) is 53.3. The molecule has 1 amide bonds. The van der Waals surface area contributed by atoms with Gasteiger partial charge in [0, 0.05) is 35.9 Å². The lowest BCUT2D eigenvalue weighted by Gasteiger charge is -2.74. The number of aliphatic hydroxyl groups is 7. The Labute approximate surface area is 419 Å². The van der Waals surface area contributed by atoms with Crippen LogP contribution in [-0.4, -0.2) is 152 Å². The molecule has 1 aromatic rings. The average molecular weight is 998 g/mol. The molecule has 13 N–H and O–H groups in total. The van der Waals surface area contributed by atoms with Gasteiger partial charge in [0.05, 0.1) is 48.7 Å². The highest BCUT2D eigenvalue weighted by atomic mass is 16.7. The standard InChI is InChI=1S/C54H87N5O12/c1-48(27-61)15-17-54(47(68)69)18-16-49(2)31(34(54)21-48)9-10-37-50(49,3)14-11-38-51(37,4)33(41(64)44(52(38,5)39(63)25-60)71-45-43(66)42(65)36(62)26-70-45)20-32-40(59-46(67)53(32)12-7-8-13-53)30(35-24-57-28-58-35)19-29(22-55)23-56-6/h9,24,28-30,32-34,36-45,56,60-66H,7-8,10-23,25-27,55H2,1-6H3,(H,57,58)(H,59,67)(H,68,69). The largest absolute Gasteiger partial charge is 0.481 e. The van der Waals surface area contributed by atoms with Crippen LogP contribution >= 0.6 is 0 Å². The summed E-state index contributed by atoms with van der Waals surface area (Å²) >= 11 is 0. The smallest absolute Gasteiger partial charge is 0.310 e. The molecule has 1 aromatic heterocycles. The quantitative estimate of drug-likeness (QED) is 0.0889. The fourth-order valence-corrected chi connectivity index (χ4v) is 18.3. The zero-order chi connectivity index (χ0) is 51.3. The van der Waals surface area contributed by atoms with Crippen LogP contribution in [-0.2, 0) is 19.1 Å². The van der Waals surface area contributed by atoms with Crippen molar-refractivity contribution < 1.29 is 59.9 Å². The van der Waals surface area contributed by atoms with E-state index in [1.54, 1.807) is 6.33 Å². The van der Waals surface area contributed by atoms with Crippen molar-refractivity contribution in [1.29, 1.82) is 0 Å². The molecule has 17 heteroatoms. The number of nitrogens with one attached hydrogen (secondary N) is 3. The Bertz CT molecular complexity index is 2130. The summed E-state index contributed by atoms with van der Waals surface area (Å²) in [6.07, 6.45) is 4.49. The Hall–Kier alpha value is -2.55. The van der Waals surface area contributed by atoms with Crippen LogP contribution in [0.2, 0.25) is 0 Å². The molecule has 5 saturated carbocycles. The normalized spacial score (nSPS) is 47.3. The average Bonchev–Trinajstić information content (AvgIpc) is 4.13. The third-order valence-corrected chi connectivity index (χ3v) is 22.7. The van der Waals surface area contributed by atoms with Crippen molar-refractivity contribution in [2.75, 3.05) is 40.0 Å². The molecule has 2 aliphatic heterocycles. The first-order valence-corrected chi connectivity index (χ1v) is 27.1. The number of aliphatic hydroxyl groups excluding tert-OH is 7. The van der Waals surface area contributed by atoms with Crippen molar-refractivity contribution in [1.82, 2.24) is 20.6 Å². The zero-order valence-electron chi connectivity index (χ0n) is 43.1. The number of imidazole rings is 1. The van der Waals surface area contributed by atoms with Gasteiger partial charge in [-0.05, 0) is 154 Å². The lowest BCUT2D eigenvalue weighted by Crippen LogP contribution is -2.74. The Morgan fingerprint density at radius 3 is 2.32 bits per heavy atom. The Kier molecular flexibility index (Phi) is 14.4.